The number of fused-ring (bicyclic) bond motifs is 1. The van der Waals surface area contributed by atoms with Crippen LogP contribution in [0.25, 0.3) is 22.0 Å². The number of ether oxygens (including phenoxy) is 3. The minimum absolute atomic E-state index is 0.0346. The molecule has 3 heterocycles. The lowest BCUT2D eigenvalue weighted by molar-refractivity contribution is 0.0990. The Hall–Kier alpha value is -5.18. The summed E-state index contributed by atoms with van der Waals surface area (Å²) in [6.07, 6.45) is 4.93. The van der Waals surface area contributed by atoms with E-state index in [0.717, 1.165) is 11.1 Å². The first-order chi connectivity index (χ1) is 20.2. The number of carbonyl (C=O) groups is 1. The molecule has 0 aliphatic carbocycles. The van der Waals surface area contributed by atoms with Gasteiger partial charge in [-0.15, -0.1) is 0 Å². The molecule has 9 nitrogen and oxygen atoms in total. The highest BCUT2D eigenvalue weighted by molar-refractivity contribution is 5.98. The fourth-order valence-corrected chi connectivity index (χ4v) is 4.62. The maximum atomic E-state index is 13.4. The molecule has 9 heteroatoms. The van der Waals surface area contributed by atoms with Crippen molar-refractivity contribution < 1.29 is 19.0 Å². The third-order valence-electron chi connectivity index (χ3n) is 6.97. The zero-order valence-corrected chi connectivity index (χ0v) is 24.2. The van der Waals surface area contributed by atoms with E-state index >= 15 is 0 Å². The highest BCUT2D eigenvalue weighted by atomic mass is 16.5. The smallest absolute Gasteiger partial charge is 0.200 e. The van der Waals surface area contributed by atoms with Gasteiger partial charge in [0.05, 0.1) is 37.9 Å². The first-order valence-electron chi connectivity index (χ1n) is 13.5. The number of anilines is 1. The van der Waals surface area contributed by atoms with Gasteiger partial charge in [-0.1, -0.05) is 29.8 Å². The Morgan fingerprint density at radius 2 is 1.67 bits per heavy atom. The van der Waals surface area contributed by atoms with Gasteiger partial charge >= 0.3 is 0 Å². The number of nitrogens with zero attached hydrogens (tertiary/aromatic N) is 3. The molecule has 0 amide bonds. The number of methoxy groups -OCH3 is 2. The molecule has 0 radical (unpaired) electrons. The molecule has 0 unspecified atom stereocenters. The number of hydrogen-bond acceptors (Lipinski definition) is 8. The third-order valence-corrected chi connectivity index (χ3v) is 6.97. The van der Waals surface area contributed by atoms with E-state index in [9.17, 15) is 9.59 Å². The van der Waals surface area contributed by atoms with E-state index in [2.05, 4.69) is 9.97 Å². The lowest BCUT2D eigenvalue weighted by Crippen LogP contribution is -2.22. The fourth-order valence-electron chi connectivity index (χ4n) is 4.62. The molecule has 0 bridgehead atoms. The molecule has 2 aromatic carbocycles. The van der Waals surface area contributed by atoms with Crippen LogP contribution < -0.4 is 25.4 Å². The number of benzene rings is 2. The van der Waals surface area contributed by atoms with Crippen molar-refractivity contribution in [2.24, 2.45) is 0 Å². The Labute approximate surface area is 243 Å². The van der Waals surface area contributed by atoms with Gasteiger partial charge in [-0.05, 0) is 44.5 Å². The summed E-state index contributed by atoms with van der Waals surface area (Å²) < 4.78 is 18.8. The van der Waals surface area contributed by atoms with E-state index in [1.165, 1.54) is 6.20 Å². The summed E-state index contributed by atoms with van der Waals surface area (Å²) in [6.45, 7) is 6.00. The fraction of sp³-hybridized carbons (Fsp3) is 0.212. The van der Waals surface area contributed by atoms with Crippen LogP contribution in [0.15, 0.2) is 78.0 Å². The van der Waals surface area contributed by atoms with Crippen LogP contribution in [-0.4, -0.2) is 34.5 Å². The second-order valence-corrected chi connectivity index (χ2v) is 10.3. The molecule has 0 spiro atoms. The van der Waals surface area contributed by atoms with Crippen molar-refractivity contribution >= 4 is 22.5 Å². The van der Waals surface area contributed by atoms with Crippen molar-refractivity contribution in [3.05, 3.63) is 100 Å². The SMILES string of the molecule is COc1cc2nc(N)cc(Oc3ccc(CC(=O)c4cn(C(C)C)cc(-c5ccc(C)cc5)c4=O)nc3)c2cc1OC. The summed E-state index contributed by atoms with van der Waals surface area (Å²) in [5.41, 5.74) is 9.31. The van der Waals surface area contributed by atoms with Crippen LogP contribution >= 0.6 is 0 Å². The first kappa shape index (κ1) is 28.4. The van der Waals surface area contributed by atoms with Gasteiger partial charge in [0, 0.05) is 47.2 Å². The van der Waals surface area contributed by atoms with E-state index in [1.807, 2.05) is 49.6 Å². The molecule has 0 atom stereocenters. The summed E-state index contributed by atoms with van der Waals surface area (Å²) >= 11 is 0. The van der Waals surface area contributed by atoms with Gasteiger partial charge in [0.25, 0.3) is 0 Å². The molecule has 0 aliphatic rings. The Bertz CT molecular complexity index is 1830. The second kappa shape index (κ2) is 11.7. The van der Waals surface area contributed by atoms with Crippen molar-refractivity contribution in [3.8, 4) is 34.1 Å². The Balaban J connectivity index is 1.41. The van der Waals surface area contributed by atoms with E-state index in [-0.39, 0.29) is 35.1 Å². The number of aryl methyl sites for hydroxylation is 1. The molecule has 5 aromatic rings. The minimum atomic E-state index is -0.307. The van der Waals surface area contributed by atoms with Gasteiger partial charge in [0.1, 0.15) is 17.3 Å². The van der Waals surface area contributed by atoms with E-state index in [1.54, 1.807) is 56.9 Å². The van der Waals surface area contributed by atoms with Crippen LogP contribution in [-0.2, 0) is 6.42 Å². The Kier molecular flexibility index (Phi) is 7.93. The molecule has 5 rings (SSSR count). The van der Waals surface area contributed by atoms with Crippen LogP contribution in [0.1, 0.15) is 41.5 Å². The van der Waals surface area contributed by atoms with Gasteiger partial charge in [0.15, 0.2) is 22.7 Å². The molecule has 0 fully saturated rings. The van der Waals surface area contributed by atoms with Crippen molar-refractivity contribution in [2.45, 2.75) is 33.2 Å². The third kappa shape index (κ3) is 5.81. The number of Topliss-reactive ketones (excluding diaryl/α,β-unsaturated/α-hetero) is 1. The maximum Gasteiger partial charge on any atom is 0.200 e. The van der Waals surface area contributed by atoms with Gasteiger partial charge in [0.2, 0.25) is 0 Å². The summed E-state index contributed by atoms with van der Waals surface area (Å²) in [5, 5.41) is 0.677. The van der Waals surface area contributed by atoms with Gasteiger partial charge in [-0.2, -0.15) is 0 Å². The van der Waals surface area contributed by atoms with E-state index < -0.39 is 0 Å². The zero-order chi connectivity index (χ0) is 30.0. The highest BCUT2D eigenvalue weighted by Gasteiger charge is 2.18. The predicted molar refractivity (Wildman–Crippen MR) is 163 cm³/mol. The normalized spacial score (nSPS) is 11.1. The lowest BCUT2D eigenvalue weighted by Gasteiger charge is -2.15. The first-order valence-corrected chi connectivity index (χ1v) is 13.5. The number of hydrogen-bond donors (Lipinski definition) is 1. The number of nitrogens with two attached hydrogens (primary N) is 1. The van der Waals surface area contributed by atoms with Gasteiger partial charge in [-0.3, -0.25) is 14.6 Å². The van der Waals surface area contributed by atoms with Gasteiger partial charge < -0.3 is 24.5 Å². The van der Waals surface area contributed by atoms with Crippen LogP contribution in [0, 0.1) is 6.92 Å². The van der Waals surface area contributed by atoms with Crippen molar-refractivity contribution in [3.63, 3.8) is 0 Å². The quantitative estimate of drug-likeness (QED) is 0.211. The summed E-state index contributed by atoms with van der Waals surface area (Å²) in [6, 6.07) is 16.3. The summed E-state index contributed by atoms with van der Waals surface area (Å²) in [5.74, 6) is 1.92. The topological polar surface area (TPSA) is 119 Å². The number of carbonyl (C=O) groups excluding carboxylic acids is 1. The number of aromatic nitrogens is 3. The molecular formula is C33H32N4O5. The monoisotopic (exact) mass is 564 g/mol. The number of rotatable bonds is 9. The number of ketones is 1. The van der Waals surface area contributed by atoms with Crippen LogP contribution in [0.2, 0.25) is 0 Å². The second-order valence-electron chi connectivity index (χ2n) is 10.3. The average Bonchev–Trinajstić information content (AvgIpc) is 2.97. The molecule has 0 saturated carbocycles. The average molecular weight is 565 g/mol. The molecule has 3 aromatic heterocycles. The van der Waals surface area contributed by atoms with Crippen molar-refractivity contribution in [1.82, 2.24) is 14.5 Å². The molecule has 42 heavy (non-hydrogen) atoms. The Morgan fingerprint density at radius 1 is 0.952 bits per heavy atom. The Morgan fingerprint density at radius 3 is 2.31 bits per heavy atom. The van der Waals surface area contributed by atoms with Crippen LogP contribution in [0.5, 0.6) is 23.0 Å². The molecule has 2 N–H and O–H groups in total. The van der Waals surface area contributed by atoms with E-state index in [0.29, 0.717) is 45.2 Å². The molecule has 214 valence electrons. The van der Waals surface area contributed by atoms with Crippen LogP contribution in [0.3, 0.4) is 0 Å². The minimum Gasteiger partial charge on any atom is -0.493 e. The van der Waals surface area contributed by atoms with Gasteiger partial charge in [-0.25, -0.2) is 4.98 Å². The van der Waals surface area contributed by atoms with Crippen LogP contribution in [0.4, 0.5) is 5.82 Å². The van der Waals surface area contributed by atoms with Crippen molar-refractivity contribution in [2.75, 3.05) is 20.0 Å². The number of pyridine rings is 3. The highest BCUT2D eigenvalue weighted by Crippen LogP contribution is 2.38. The summed E-state index contributed by atoms with van der Waals surface area (Å²) in [7, 11) is 3.10. The predicted octanol–water partition coefficient (Wildman–Crippen LogP) is 6.16. The zero-order valence-electron chi connectivity index (χ0n) is 24.2. The van der Waals surface area contributed by atoms with E-state index in [4.69, 9.17) is 19.9 Å². The molecular weight excluding hydrogens is 532 g/mol. The van der Waals surface area contributed by atoms with Crippen molar-refractivity contribution in [1.29, 1.82) is 0 Å². The standard InChI is InChI=1S/C33H32N4O5/c1-19(2)37-17-25(21-8-6-20(3)7-9-21)33(39)26(18-37)28(38)12-22-10-11-23(16-35-22)42-29-15-32(34)36-27-14-31(41-5)30(40-4)13-24(27)29/h6-11,13-19H,12H2,1-5H3,(H2,34,36). The summed E-state index contributed by atoms with van der Waals surface area (Å²) in [4.78, 5) is 35.6. The molecule has 0 saturated heterocycles. The molecule has 0 aliphatic heterocycles. The maximum absolute atomic E-state index is 13.4. The number of nitrogen functional groups attached to an aromatic ring is 1. The lowest BCUT2D eigenvalue weighted by atomic mass is 10.00. The largest absolute Gasteiger partial charge is 0.493 e.